The monoisotopic (exact) mass is 438 g/mol. The van der Waals surface area contributed by atoms with Gasteiger partial charge in [0.1, 0.15) is 23.4 Å². The summed E-state index contributed by atoms with van der Waals surface area (Å²) in [6, 6.07) is 2.11. The molecule has 1 fully saturated rings. The first-order valence-corrected chi connectivity index (χ1v) is 9.49. The van der Waals surface area contributed by atoms with Gasteiger partial charge in [-0.2, -0.15) is 13.2 Å². The van der Waals surface area contributed by atoms with Crippen LogP contribution in [0.1, 0.15) is 23.8 Å². The van der Waals surface area contributed by atoms with Gasteiger partial charge in [-0.15, -0.1) is 0 Å². The first-order valence-electron chi connectivity index (χ1n) is 9.49. The molecule has 1 saturated heterocycles. The maximum atomic E-state index is 13.4. The number of pyridine rings is 2. The van der Waals surface area contributed by atoms with E-state index in [1.165, 1.54) is 17.2 Å². The summed E-state index contributed by atoms with van der Waals surface area (Å²) in [4.78, 5) is 36.7. The summed E-state index contributed by atoms with van der Waals surface area (Å²) in [7, 11) is 0. The molecular weight excluding hydrogens is 420 g/mol. The normalized spacial score (nSPS) is 18.4. The Morgan fingerprint density at radius 2 is 2.03 bits per heavy atom. The number of hydrogen-bond acceptors (Lipinski definition) is 5. The molecule has 12 heteroatoms. The summed E-state index contributed by atoms with van der Waals surface area (Å²) >= 11 is 0. The van der Waals surface area contributed by atoms with E-state index in [9.17, 15) is 27.2 Å². The molecule has 4 heterocycles. The number of nitrogens with zero attached hydrogens (tertiary/aromatic N) is 4. The average Bonchev–Trinajstić information content (AvgIpc) is 3.11. The molecule has 2 atom stereocenters. The van der Waals surface area contributed by atoms with Crippen molar-refractivity contribution in [2.24, 2.45) is 0 Å². The summed E-state index contributed by atoms with van der Waals surface area (Å²) in [6.07, 6.45) is -2.76. The molecule has 8 nitrogen and oxygen atoms in total. The lowest BCUT2D eigenvalue weighted by Crippen LogP contribution is -2.49. The van der Waals surface area contributed by atoms with Gasteiger partial charge in [0.2, 0.25) is 0 Å². The van der Waals surface area contributed by atoms with E-state index in [0.29, 0.717) is 25.2 Å². The van der Waals surface area contributed by atoms with Crippen LogP contribution in [0.2, 0.25) is 0 Å². The number of rotatable bonds is 3. The van der Waals surface area contributed by atoms with Crippen molar-refractivity contribution in [3.8, 4) is 0 Å². The van der Waals surface area contributed by atoms with Crippen LogP contribution in [0.15, 0.2) is 30.5 Å². The van der Waals surface area contributed by atoms with Gasteiger partial charge in [0.25, 0.3) is 5.91 Å². The van der Waals surface area contributed by atoms with Crippen molar-refractivity contribution in [3.05, 3.63) is 42.0 Å². The van der Waals surface area contributed by atoms with Crippen LogP contribution in [0.3, 0.4) is 0 Å². The third kappa shape index (κ3) is 4.09. The molecule has 0 spiro atoms. The van der Waals surface area contributed by atoms with Crippen molar-refractivity contribution in [2.45, 2.75) is 31.6 Å². The Morgan fingerprint density at radius 3 is 2.74 bits per heavy atom. The summed E-state index contributed by atoms with van der Waals surface area (Å²) in [5.74, 6) is -1.44. The highest BCUT2D eigenvalue weighted by molar-refractivity contribution is 6.05. The van der Waals surface area contributed by atoms with Gasteiger partial charge in [-0.05, 0) is 31.5 Å². The first kappa shape index (κ1) is 20.8. The number of alkyl halides is 3. The van der Waals surface area contributed by atoms with E-state index in [-0.39, 0.29) is 23.4 Å². The predicted octanol–water partition coefficient (Wildman–Crippen LogP) is 2.93. The summed E-state index contributed by atoms with van der Waals surface area (Å²) in [5, 5.41) is 4.37. The van der Waals surface area contributed by atoms with Gasteiger partial charge in [-0.1, -0.05) is 0 Å². The Kier molecular flexibility index (Phi) is 5.15. The number of aromatic nitrogens is 2. The van der Waals surface area contributed by atoms with Crippen LogP contribution < -0.4 is 20.4 Å². The molecule has 2 aliphatic heterocycles. The van der Waals surface area contributed by atoms with Gasteiger partial charge in [0.05, 0.1) is 11.7 Å². The maximum Gasteiger partial charge on any atom is 0.408 e. The topological polar surface area (TPSA) is 90.5 Å². The van der Waals surface area contributed by atoms with Crippen molar-refractivity contribution in [2.75, 3.05) is 28.2 Å². The molecule has 0 saturated carbocycles. The van der Waals surface area contributed by atoms with Crippen molar-refractivity contribution in [1.82, 2.24) is 15.3 Å². The molecule has 1 unspecified atom stereocenters. The van der Waals surface area contributed by atoms with Crippen LogP contribution in [-0.2, 0) is 0 Å². The van der Waals surface area contributed by atoms with Gasteiger partial charge >= 0.3 is 12.2 Å². The van der Waals surface area contributed by atoms with Gasteiger partial charge in [-0.3, -0.25) is 15.0 Å². The van der Waals surface area contributed by atoms with Crippen molar-refractivity contribution in [3.63, 3.8) is 0 Å². The van der Waals surface area contributed by atoms with E-state index >= 15 is 0 Å². The number of nitrogens with one attached hydrogen (secondary N) is 2. The minimum atomic E-state index is -4.60. The van der Waals surface area contributed by atoms with Gasteiger partial charge < -0.3 is 10.2 Å². The molecular formula is C19H18F4N6O2. The molecule has 2 aliphatic rings. The van der Waals surface area contributed by atoms with Gasteiger partial charge in [-0.25, -0.2) is 19.2 Å². The maximum absolute atomic E-state index is 13.4. The second-order valence-corrected chi connectivity index (χ2v) is 7.32. The fourth-order valence-electron chi connectivity index (χ4n) is 3.59. The molecule has 0 radical (unpaired) electrons. The summed E-state index contributed by atoms with van der Waals surface area (Å²) in [5.41, 5.74) is 0.329. The van der Waals surface area contributed by atoms with E-state index in [2.05, 4.69) is 15.3 Å². The van der Waals surface area contributed by atoms with Crippen molar-refractivity contribution in [1.29, 1.82) is 0 Å². The molecule has 2 N–H and O–H groups in total. The lowest BCUT2D eigenvalue weighted by molar-refractivity contribution is -0.149. The van der Waals surface area contributed by atoms with Crippen LogP contribution in [-0.4, -0.2) is 53.3 Å². The SMILES string of the molecule is C[C@@H](NC(=O)c1ccc2c(n1)N(C(=O)Nc1cc(F)ccn1)C1CCN2C1)C(F)(F)F. The Balaban J connectivity index is 1.63. The van der Waals surface area contributed by atoms with Crippen molar-refractivity contribution < 1.29 is 27.2 Å². The second kappa shape index (κ2) is 7.67. The van der Waals surface area contributed by atoms with E-state index in [4.69, 9.17) is 0 Å². The number of anilines is 3. The number of halogens is 4. The molecule has 0 aliphatic carbocycles. The minimum absolute atomic E-state index is 0.000115. The quantitative estimate of drug-likeness (QED) is 0.720. The lowest BCUT2D eigenvalue weighted by Gasteiger charge is -2.35. The molecule has 2 aromatic rings. The van der Waals surface area contributed by atoms with Crippen LogP contribution in [0, 0.1) is 5.82 Å². The molecule has 0 aromatic carbocycles. The smallest absolute Gasteiger partial charge is 0.366 e. The predicted molar refractivity (Wildman–Crippen MR) is 104 cm³/mol. The van der Waals surface area contributed by atoms with Gasteiger partial charge in [0, 0.05) is 25.4 Å². The lowest BCUT2D eigenvalue weighted by atomic mass is 10.1. The summed E-state index contributed by atoms with van der Waals surface area (Å²) < 4.78 is 51.8. The Labute approximate surface area is 174 Å². The van der Waals surface area contributed by atoms with Crippen LogP contribution in [0.25, 0.3) is 0 Å². The van der Waals surface area contributed by atoms with E-state index < -0.39 is 30.0 Å². The highest BCUT2D eigenvalue weighted by Gasteiger charge is 2.41. The fraction of sp³-hybridized carbons (Fsp3) is 0.368. The molecule has 31 heavy (non-hydrogen) atoms. The molecule has 2 bridgehead atoms. The van der Waals surface area contributed by atoms with Gasteiger partial charge in [0.15, 0.2) is 5.82 Å². The number of fused-ring (bicyclic) bond motifs is 4. The number of hydrogen-bond donors (Lipinski definition) is 2. The number of amides is 3. The number of carbonyl (C=O) groups excluding carboxylic acids is 2. The third-order valence-corrected chi connectivity index (χ3v) is 5.20. The zero-order valence-corrected chi connectivity index (χ0v) is 16.3. The molecule has 4 rings (SSSR count). The first-order chi connectivity index (χ1) is 14.6. The number of carbonyl (C=O) groups is 2. The van der Waals surface area contributed by atoms with Crippen molar-refractivity contribution >= 4 is 29.3 Å². The third-order valence-electron chi connectivity index (χ3n) is 5.20. The zero-order chi connectivity index (χ0) is 22.3. The number of urea groups is 1. The molecule has 3 amide bonds. The van der Waals surface area contributed by atoms with Crippen LogP contribution in [0.4, 0.5) is 39.7 Å². The highest BCUT2D eigenvalue weighted by atomic mass is 19.4. The second-order valence-electron chi connectivity index (χ2n) is 7.32. The fourth-order valence-corrected chi connectivity index (χ4v) is 3.59. The Bertz CT molecular complexity index is 1030. The van der Waals surface area contributed by atoms with E-state index in [1.54, 1.807) is 6.07 Å². The van der Waals surface area contributed by atoms with E-state index in [0.717, 1.165) is 19.1 Å². The largest absolute Gasteiger partial charge is 0.408 e. The highest BCUT2D eigenvalue weighted by Crippen LogP contribution is 2.39. The Hall–Kier alpha value is -3.44. The average molecular weight is 438 g/mol. The van der Waals surface area contributed by atoms with Crippen LogP contribution in [0.5, 0.6) is 0 Å². The standard InChI is InChI=1S/C19H18F4N6O2/c1-10(19(21,22)23)25-17(30)13-2-3-14-16(26-13)29(12-5-7-28(14)9-12)18(31)27-15-8-11(20)4-6-24-15/h2-4,6,8,10,12H,5,7,9H2,1H3,(H,25,30)(H,24,27,31)/t10-,12?/m1/s1. The molecule has 2 aromatic heterocycles. The zero-order valence-electron chi connectivity index (χ0n) is 16.3. The Morgan fingerprint density at radius 1 is 1.26 bits per heavy atom. The minimum Gasteiger partial charge on any atom is -0.366 e. The van der Waals surface area contributed by atoms with Crippen LogP contribution >= 0.6 is 0 Å². The summed E-state index contributed by atoms with van der Waals surface area (Å²) in [6.45, 7) is 2.02. The van der Waals surface area contributed by atoms with E-state index in [1.807, 2.05) is 10.2 Å². The molecule has 164 valence electrons.